The van der Waals surface area contributed by atoms with Crippen molar-refractivity contribution in [3.63, 3.8) is 0 Å². The highest BCUT2D eigenvalue weighted by atomic mass is 16.2. The van der Waals surface area contributed by atoms with Gasteiger partial charge in [-0.15, -0.1) is 0 Å². The van der Waals surface area contributed by atoms with Crippen LogP contribution in [0.25, 0.3) is 0 Å². The van der Waals surface area contributed by atoms with Gasteiger partial charge in [0.15, 0.2) is 0 Å². The number of fused-ring (bicyclic) bond motifs is 1. The highest BCUT2D eigenvalue weighted by Gasteiger charge is 2.28. The predicted octanol–water partition coefficient (Wildman–Crippen LogP) is 1.15. The Kier molecular flexibility index (Phi) is 3.82. The first-order valence-electron chi connectivity index (χ1n) is 7.52. The van der Waals surface area contributed by atoms with E-state index in [1.54, 1.807) is 11.9 Å². The van der Waals surface area contributed by atoms with Crippen molar-refractivity contribution in [2.45, 2.75) is 37.8 Å². The molecule has 2 aliphatic heterocycles. The molecule has 2 aliphatic rings. The molecule has 1 aromatic carbocycles. The summed E-state index contributed by atoms with van der Waals surface area (Å²) in [5.74, 6) is 0.197. The monoisotopic (exact) mass is 287 g/mol. The number of likely N-dealkylation sites (tertiary alicyclic amines) is 1. The zero-order chi connectivity index (χ0) is 14.8. The molecule has 1 fully saturated rings. The van der Waals surface area contributed by atoms with Gasteiger partial charge in [-0.05, 0) is 30.9 Å². The van der Waals surface area contributed by atoms with Crippen molar-refractivity contribution in [3.05, 3.63) is 29.8 Å². The molecule has 1 saturated heterocycles. The summed E-state index contributed by atoms with van der Waals surface area (Å²) in [6.45, 7) is 0.605. The topological polar surface area (TPSA) is 61.4 Å². The highest BCUT2D eigenvalue weighted by molar-refractivity contribution is 5.86. The standard InChI is InChI=1S/C16H21N3O2/c1-19-10-12(7-9-15(19)20)17-16(21)14-8-6-11-4-2-3-5-13(11)18-14/h2-5,12,14,18H,6-10H2,1H3,(H,17,21). The number of rotatable bonds is 2. The number of para-hydroxylation sites is 1. The normalized spacial score (nSPS) is 25.0. The lowest BCUT2D eigenvalue weighted by Gasteiger charge is -2.32. The smallest absolute Gasteiger partial charge is 0.242 e. The van der Waals surface area contributed by atoms with E-state index in [1.807, 2.05) is 18.2 Å². The summed E-state index contributed by atoms with van der Waals surface area (Å²) in [7, 11) is 1.79. The van der Waals surface area contributed by atoms with E-state index in [-0.39, 0.29) is 23.9 Å². The average Bonchev–Trinajstić information content (AvgIpc) is 2.50. The number of benzene rings is 1. The number of nitrogens with one attached hydrogen (secondary N) is 2. The third kappa shape index (κ3) is 3.01. The number of carbonyl (C=O) groups excluding carboxylic acids is 2. The zero-order valence-electron chi connectivity index (χ0n) is 12.3. The molecule has 112 valence electrons. The number of hydrogen-bond acceptors (Lipinski definition) is 3. The highest BCUT2D eigenvalue weighted by Crippen LogP contribution is 2.24. The van der Waals surface area contributed by atoms with E-state index in [4.69, 9.17) is 0 Å². The number of likely N-dealkylation sites (N-methyl/N-ethyl adjacent to an activating group) is 1. The Morgan fingerprint density at radius 1 is 1.29 bits per heavy atom. The minimum Gasteiger partial charge on any atom is -0.373 e. The van der Waals surface area contributed by atoms with Crippen LogP contribution in [0.15, 0.2) is 24.3 Å². The summed E-state index contributed by atoms with van der Waals surface area (Å²) < 4.78 is 0. The fourth-order valence-electron chi connectivity index (χ4n) is 3.07. The van der Waals surface area contributed by atoms with Crippen LogP contribution in [0.4, 0.5) is 5.69 Å². The molecular formula is C16H21N3O2. The van der Waals surface area contributed by atoms with Crippen molar-refractivity contribution < 1.29 is 9.59 Å². The van der Waals surface area contributed by atoms with Crippen molar-refractivity contribution in [1.29, 1.82) is 0 Å². The number of hydrogen-bond donors (Lipinski definition) is 2. The van der Waals surface area contributed by atoms with Gasteiger partial charge in [0.05, 0.1) is 0 Å². The van der Waals surface area contributed by atoms with Crippen LogP contribution in [0.5, 0.6) is 0 Å². The van der Waals surface area contributed by atoms with Gasteiger partial charge in [-0.1, -0.05) is 18.2 Å². The predicted molar refractivity (Wildman–Crippen MR) is 81.0 cm³/mol. The summed E-state index contributed by atoms with van der Waals surface area (Å²) in [6.07, 6.45) is 2.98. The van der Waals surface area contributed by atoms with Crippen LogP contribution in [0.2, 0.25) is 0 Å². The lowest BCUT2D eigenvalue weighted by molar-refractivity contribution is -0.134. The number of piperidine rings is 1. The number of carbonyl (C=O) groups is 2. The Balaban J connectivity index is 1.58. The van der Waals surface area contributed by atoms with E-state index in [0.717, 1.165) is 24.9 Å². The molecule has 0 aromatic heterocycles. The van der Waals surface area contributed by atoms with Crippen molar-refractivity contribution in [1.82, 2.24) is 10.2 Å². The van der Waals surface area contributed by atoms with Crippen molar-refractivity contribution >= 4 is 17.5 Å². The van der Waals surface area contributed by atoms with Gasteiger partial charge >= 0.3 is 0 Å². The Morgan fingerprint density at radius 3 is 2.90 bits per heavy atom. The number of anilines is 1. The number of aryl methyl sites for hydroxylation is 1. The Morgan fingerprint density at radius 2 is 2.10 bits per heavy atom. The first-order chi connectivity index (χ1) is 10.1. The molecule has 0 bridgehead atoms. The third-order valence-corrected chi connectivity index (χ3v) is 4.34. The molecule has 2 heterocycles. The molecular weight excluding hydrogens is 266 g/mol. The van der Waals surface area contributed by atoms with Gasteiger partial charge < -0.3 is 15.5 Å². The van der Waals surface area contributed by atoms with E-state index >= 15 is 0 Å². The molecule has 0 aliphatic carbocycles. The molecule has 2 unspecified atom stereocenters. The van der Waals surface area contributed by atoms with E-state index in [0.29, 0.717) is 13.0 Å². The molecule has 0 saturated carbocycles. The number of nitrogens with zero attached hydrogens (tertiary/aromatic N) is 1. The molecule has 2 amide bonds. The van der Waals surface area contributed by atoms with Gasteiger partial charge in [-0.25, -0.2) is 0 Å². The second-order valence-electron chi connectivity index (χ2n) is 5.91. The summed E-state index contributed by atoms with van der Waals surface area (Å²) in [6, 6.07) is 8.01. The van der Waals surface area contributed by atoms with Crippen LogP contribution >= 0.6 is 0 Å². The van der Waals surface area contributed by atoms with Crippen molar-refractivity contribution in [2.24, 2.45) is 0 Å². The maximum absolute atomic E-state index is 12.4. The summed E-state index contributed by atoms with van der Waals surface area (Å²) in [5, 5.41) is 6.39. The van der Waals surface area contributed by atoms with E-state index < -0.39 is 0 Å². The average molecular weight is 287 g/mol. The second kappa shape index (κ2) is 5.76. The molecule has 5 nitrogen and oxygen atoms in total. The van der Waals surface area contributed by atoms with Gasteiger partial charge in [0.25, 0.3) is 0 Å². The van der Waals surface area contributed by atoms with Crippen molar-refractivity contribution in [2.75, 3.05) is 18.9 Å². The lowest BCUT2D eigenvalue weighted by Crippen LogP contribution is -2.52. The van der Waals surface area contributed by atoms with Crippen LogP contribution in [-0.2, 0) is 16.0 Å². The SMILES string of the molecule is CN1CC(NC(=O)C2CCc3ccccc3N2)CCC1=O. The van der Waals surface area contributed by atoms with Crippen molar-refractivity contribution in [3.8, 4) is 0 Å². The summed E-state index contributed by atoms with van der Waals surface area (Å²) in [5.41, 5.74) is 2.32. The van der Waals surface area contributed by atoms with Crippen LogP contribution in [0.3, 0.4) is 0 Å². The molecule has 3 rings (SSSR count). The summed E-state index contributed by atoms with van der Waals surface area (Å²) >= 11 is 0. The zero-order valence-corrected chi connectivity index (χ0v) is 12.3. The summed E-state index contributed by atoms with van der Waals surface area (Å²) in [4.78, 5) is 25.5. The largest absolute Gasteiger partial charge is 0.373 e. The molecule has 5 heteroatoms. The van der Waals surface area contributed by atoms with Crippen LogP contribution in [-0.4, -0.2) is 42.4 Å². The minimum absolute atomic E-state index is 0.0391. The van der Waals surface area contributed by atoms with Gasteiger partial charge in [0.2, 0.25) is 11.8 Å². The third-order valence-electron chi connectivity index (χ3n) is 4.34. The van der Waals surface area contributed by atoms with Gasteiger partial charge in [-0.3, -0.25) is 9.59 Å². The molecule has 0 radical (unpaired) electrons. The van der Waals surface area contributed by atoms with E-state index in [1.165, 1.54) is 5.56 Å². The lowest BCUT2D eigenvalue weighted by atomic mass is 9.97. The number of amides is 2. The van der Waals surface area contributed by atoms with Gasteiger partial charge in [-0.2, -0.15) is 0 Å². The molecule has 21 heavy (non-hydrogen) atoms. The fraction of sp³-hybridized carbons (Fsp3) is 0.500. The first kappa shape index (κ1) is 13.9. The maximum Gasteiger partial charge on any atom is 0.242 e. The van der Waals surface area contributed by atoms with E-state index in [9.17, 15) is 9.59 Å². The molecule has 2 atom stereocenters. The van der Waals surface area contributed by atoms with Crippen LogP contribution in [0, 0.1) is 0 Å². The Bertz CT molecular complexity index is 558. The molecule has 2 N–H and O–H groups in total. The van der Waals surface area contributed by atoms with Crippen LogP contribution in [0.1, 0.15) is 24.8 Å². The Hall–Kier alpha value is -2.04. The molecule has 0 spiro atoms. The van der Waals surface area contributed by atoms with Gasteiger partial charge in [0.1, 0.15) is 6.04 Å². The minimum atomic E-state index is -0.178. The maximum atomic E-state index is 12.4. The second-order valence-corrected chi connectivity index (χ2v) is 5.91. The first-order valence-corrected chi connectivity index (χ1v) is 7.52. The van der Waals surface area contributed by atoms with Gasteiger partial charge in [0, 0.05) is 31.7 Å². The quantitative estimate of drug-likeness (QED) is 0.858. The van der Waals surface area contributed by atoms with Crippen LogP contribution < -0.4 is 10.6 Å². The molecule has 1 aromatic rings. The fourth-order valence-corrected chi connectivity index (χ4v) is 3.07. The van der Waals surface area contributed by atoms with E-state index in [2.05, 4.69) is 16.7 Å². The Labute approximate surface area is 124 Å².